The van der Waals surface area contributed by atoms with Crippen molar-refractivity contribution in [2.24, 2.45) is 0 Å². The molecule has 3 heteroatoms. The molecule has 0 spiro atoms. The van der Waals surface area contributed by atoms with E-state index in [4.69, 9.17) is 4.98 Å². The van der Waals surface area contributed by atoms with Crippen LogP contribution in [0.15, 0.2) is 109 Å². The van der Waals surface area contributed by atoms with Gasteiger partial charge in [-0.05, 0) is 50.9 Å². The molecule has 9 rings (SSSR count). The van der Waals surface area contributed by atoms with Crippen molar-refractivity contribution in [1.29, 1.82) is 0 Å². The summed E-state index contributed by atoms with van der Waals surface area (Å²) in [5.74, 6) is 0. The topological polar surface area (TPSA) is 33.1 Å². The fraction of sp³-hybridized carbons (Fsp3) is 0.0833. The summed E-state index contributed by atoms with van der Waals surface area (Å²) >= 11 is 0. The van der Waals surface area contributed by atoms with Gasteiger partial charge >= 0.3 is 0 Å². The molecule has 5 aromatic carbocycles. The van der Waals surface area contributed by atoms with E-state index >= 15 is 0 Å². The number of hydrogen-bond donors (Lipinski definition) is 1. The Labute approximate surface area is 225 Å². The van der Waals surface area contributed by atoms with E-state index in [-0.39, 0.29) is 5.41 Å². The highest BCUT2D eigenvalue weighted by Gasteiger charge is 2.36. The van der Waals surface area contributed by atoms with Gasteiger partial charge in [-0.3, -0.25) is 4.40 Å². The van der Waals surface area contributed by atoms with Gasteiger partial charge in [0.1, 0.15) is 16.8 Å². The summed E-state index contributed by atoms with van der Waals surface area (Å²) in [6, 6.07) is 39.7. The summed E-state index contributed by atoms with van der Waals surface area (Å²) in [5, 5.41) is 4.81. The Balaban J connectivity index is 1.49. The fourth-order valence-electron chi connectivity index (χ4n) is 7.17. The van der Waals surface area contributed by atoms with Crippen molar-refractivity contribution in [3.8, 4) is 22.3 Å². The standard InChI is InChI=1S/C36H25N3/c1-36(2)27-17-7-5-13-25(27)31-21(15-9-18-28(31)36)22-16-10-20-30-32(22)23-11-3-4-12-24(23)34-38-33-26-14-6-8-19-29(26)37-35(33)39(30)34/h3-20,37H,1-2H3. The van der Waals surface area contributed by atoms with Crippen molar-refractivity contribution in [3.63, 3.8) is 0 Å². The van der Waals surface area contributed by atoms with Crippen LogP contribution in [0.3, 0.4) is 0 Å². The summed E-state index contributed by atoms with van der Waals surface area (Å²) in [4.78, 5) is 8.91. The normalized spacial score (nSPS) is 14.1. The smallest absolute Gasteiger partial charge is 0.147 e. The number of benzene rings is 5. The van der Waals surface area contributed by atoms with Crippen LogP contribution in [-0.4, -0.2) is 14.4 Å². The predicted octanol–water partition coefficient (Wildman–Crippen LogP) is 9.25. The van der Waals surface area contributed by atoms with Crippen LogP contribution < -0.4 is 0 Å². The van der Waals surface area contributed by atoms with Gasteiger partial charge in [-0.1, -0.05) is 111 Å². The summed E-state index contributed by atoms with van der Waals surface area (Å²) in [6.07, 6.45) is 0. The van der Waals surface area contributed by atoms with Crippen LogP contribution >= 0.6 is 0 Å². The highest BCUT2D eigenvalue weighted by atomic mass is 15.1. The maximum absolute atomic E-state index is 5.22. The molecular formula is C36H25N3. The van der Waals surface area contributed by atoms with E-state index in [2.05, 4.69) is 132 Å². The molecule has 0 bridgehead atoms. The number of pyridine rings is 1. The Bertz CT molecular complexity index is 2310. The van der Waals surface area contributed by atoms with Gasteiger partial charge in [0.2, 0.25) is 0 Å². The quantitative estimate of drug-likeness (QED) is 0.224. The maximum atomic E-state index is 5.22. The van der Waals surface area contributed by atoms with Gasteiger partial charge in [0.05, 0.1) is 5.52 Å². The van der Waals surface area contributed by atoms with E-state index in [1.807, 2.05) is 0 Å². The highest BCUT2D eigenvalue weighted by molar-refractivity contribution is 6.20. The molecule has 0 radical (unpaired) electrons. The Morgan fingerprint density at radius 3 is 2.18 bits per heavy atom. The molecule has 0 unspecified atom stereocenters. The van der Waals surface area contributed by atoms with Gasteiger partial charge in [0, 0.05) is 27.1 Å². The third kappa shape index (κ3) is 2.55. The number of imidazole rings is 1. The minimum atomic E-state index is -0.0390. The molecule has 0 fully saturated rings. The monoisotopic (exact) mass is 499 g/mol. The number of hydrogen-bond acceptors (Lipinski definition) is 1. The first kappa shape index (κ1) is 21.1. The van der Waals surface area contributed by atoms with E-state index in [0.29, 0.717) is 0 Å². The number of fused-ring (bicyclic) bond motifs is 13. The van der Waals surface area contributed by atoms with Crippen molar-refractivity contribution in [2.45, 2.75) is 19.3 Å². The van der Waals surface area contributed by atoms with E-state index in [1.54, 1.807) is 0 Å². The van der Waals surface area contributed by atoms with Crippen LogP contribution in [-0.2, 0) is 5.41 Å². The van der Waals surface area contributed by atoms with Crippen molar-refractivity contribution < 1.29 is 0 Å². The second kappa shape index (κ2) is 7.15. The Morgan fingerprint density at radius 2 is 1.28 bits per heavy atom. The lowest BCUT2D eigenvalue weighted by Crippen LogP contribution is -2.14. The zero-order chi connectivity index (χ0) is 25.9. The van der Waals surface area contributed by atoms with Crippen LogP contribution in [0.1, 0.15) is 25.0 Å². The molecule has 0 aliphatic heterocycles. The number of rotatable bonds is 1. The second-order valence-corrected chi connectivity index (χ2v) is 11.3. The Morgan fingerprint density at radius 1 is 0.615 bits per heavy atom. The summed E-state index contributed by atoms with van der Waals surface area (Å²) < 4.78 is 2.33. The third-order valence-corrected chi connectivity index (χ3v) is 8.93. The Kier molecular flexibility index (Phi) is 3.86. The first-order chi connectivity index (χ1) is 19.1. The Hall–Kier alpha value is -4.89. The van der Waals surface area contributed by atoms with Gasteiger partial charge in [-0.25, -0.2) is 4.98 Å². The van der Waals surface area contributed by atoms with Gasteiger partial charge in [0.15, 0.2) is 0 Å². The molecule has 39 heavy (non-hydrogen) atoms. The number of aromatic amines is 1. The molecule has 184 valence electrons. The van der Waals surface area contributed by atoms with Crippen LogP contribution in [0.2, 0.25) is 0 Å². The third-order valence-electron chi connectivity index (χ3n) is 8.93. The van der Waals surface area contributed by atoms with E-state index < -0.39 is 0 Å². The molecule has 8 aromatic rings. The molecule has 3 heterocycles. The molecule has 3 nitrogen and oxygen atoms in total. The molecule has 0 saturated heterocycles. The predicted molar refractivity (Wildman–Crippen MR) is 163 cm³/mol. The first-order valence-electron chi connectivity index (χ1n) is 13.6. The average molecular weight is 500 g/mol. The van der Waals surface area contributed by atoms with Crippen molar-refractivity contribution in [2.75, 3.05) is 0 Å². The SMILES string of the molecule is CC1(C)c2ccccc2-c2c(-c3cccc4c3c3ccccc3c3nc5c6ccccc6[nH]c5n43)cccc21. The molecule has 3 aromatic heterocycles. The van der Waals surface area contributed by atoms with Crippen molar-refractivity contribution in [1.82, 2.24) is 14.4 Å². The molecule has 1 aliphatic carbocycles. The zero-order valence-corrected chi connectivity index (χ0v) is 21.8. The van der Waals surface area contributed by atoms with Gasteiger partial charge in [-0.2, -0.15) is 0 Å². The van der Waals surface area contributed by atoms with E-state index in [9.17, 15) is 0 Å². The lowest BCUT2D eigenvalue weighted by atomic mass is 9.82. The summed E-state index contributed by atoms with van der Waals surface area (Å²) in [5.41, 5.74) is 13.3. The second-order valence-electron chi connectivity index (χ2n) is 11.3. The minimum Gasteiger partial charge on any atom is -0.339 e. The first-order valence-corrected chi connectivity index (χ1v) is 13.6. The molecule has 1 aliphatic rings. The van der Waals surface area contributed by atoms with Gasteiger partial charge in [-0.15, -0.1) is 0 Å². The molecular weight excluding hydrogens is 474 g/mol. The summed E-state index contributed by atoms with van der Waals surface area (Å²) in [7, 11) is 0. The van der Waals surface area contributed by atoms with Crippen molar-refractivity contribution in [3.05, 3.63) is 120 Å². The summed E-state index contributed by atoms with van der Waals surface area (Å²) in [6.45, 7) is 4.70. The number of H-pyrrole nitrogens is 1. The van der Waals surface area contributed by atoms with Crippen molar-refractivity contribution >= 4 is 49.4 Å². The van der Waals surface area contributed by atoms with Crippen LogP contribution in [0.25, 0.3) is 71.6 Å². The molecule has 0 atom stereocenters. The van der Waals surface area contributed by atoms with Crippen LogP contribution in [0.5, 0.6) is 0 Å². The van der Waals surface area contributed by atoms with Gasteiger partial charge < -0.3 is 4.98 Å². The average Bonchev–Trinajstić information content (AvgIpc) is 3.60. The number of nitrogens with one attached hydrogen (secondary N) is 1. The number of nitrogens with zero attached hydrogens (tertiary/aromatic N) is 2. The molecule has 0 amide bonds. The lowest BCUT2D eigenvalue weighted by molar-refractivity contribution is 0.660. The molecule has 1 N–H and O–H groups in total. The number of para-hydroxylation sites is 1. The van der Waals surface area contributed by atoms with Crippen LogP contribution in [0.4, 0.5) is 0 Å². The lowest BCUT2D eigenvalue weighted by Gasteiger charge is -2.22. The fourth-order valence-corrected chi connectivity index (χ4v) is 7.17. The van der Waals surface area contributed by atoms with Gasteiger partial charge in [0.25, 0.3) is 0 Å². The van der Waals surface area contributed by atoms with E-state index in [1.165, 1.54) is 55.1 Å². The van der Waals surface area contributed by atoms with Crippen LogP contribution in [0, 0.1) is 0 Å². The number of aromatic nitrogens is 3. The highest BCUT2D eigenvalue weighted by Crippen LogP contribution is 2.53. The van der Waals surface area contributed by atoms with E-state index in [0.717, 1.165) is 27.7 Å². The zero-order valence-electron chi connectivity index (χ0n) is 21.8. The largest absolute Gasteiger partial charge is 0.339 e. The molecule has 0 saturated carbocycles. The minimum absolute atomic E-state index is 0.0390. The maximum Gasteiger partial charge on any atom is 0.147 e.